The number of cyclic esters (lactones) is 1. The maximum Gasteiger partial charge on any atom is 0.410 e. The molecule has 1 fully saturated rings. The third-order valence-electron chi connectivity index (χ3n) is 4.61. The summed E-state index contributed by atoms with van der Waals surface area (Å²) in [5, 5.41) is 5.67. The van der Waals surface area contributed by atoms with Crippen LogP contribution in [0.5, 0.6) is 5.75 Å². The highest BCUT2D eigenvalue weighted by atomic mass is 16.6. The van der Waals surface area contributed by atoms with Crippen LogP contribution < -0.4 is 15.4 Å². The molecule has 2 aliphatic rings. The third-order valence-corrected chi connectivity index (χ3v) is 4.61. The number of hydrogen-bond donors (Lipinski definition) is 2. The quantitative estimate of drug-likeness (QED) is 0.852. The minimum absolute atomic E-state index is 0.0549. The van der Waals surface area contributed by atoms with Crippen LogP contribution in [0.25, 0.3) is 0 Å². The van der Waals surface area contributed by atoms with Gasteiger partial charge in [-0.3, -0.25) is 0 Å². The van der Waals surface area contributed by atoms with Crippen LogP contribution in [0.1, 0.15) is 11.1 Å². The van der Waals surface area contributed by atoms with E-state index in [1.54, 1.807) is 4.90 Å². The van der Waals surface area contributed by atoms with Gasteiger partial charge in [0.05, 0.1) is 13.1 Å². The zero-order valence-corrected chi connectivity index (χ0v) is 14.8. The molecule has 0 aliphatic carbocycles. The van der Waals surface area contributed by atoms with E-state index in [1.165, 1.54) is 0 Å². The van der Waals surface area contributed by atoms with Crippen LogP contribution in [0.3, 0.4) is 0 Å². The van der Waals surface area contributed by atoms with Gasteiger partial charge in [0.15, 0.2) is 0 Å². The van der Waals surface area contributed by atoms with E-state index in [4.69, 9.17) is 9.47 Å². The van der Waals surface area contributed by atoms with Gasteiger partial charge in [0.1, 0.15) is 18.5 Å². The minimum Gasteiger partial charge on any atom is -0.488 e. The molecule has 2 aliphatic heterocycles. The van der Waals surface area contributed by atoms with Gasteiger partial charge in [-0.1, -0.05) is 30.3 Å². The molecule has 0 saturated carbocycles. The minimum atomic E-state index is -0.302. The first kappa shape index (κ1) is 17.2. The van der Waals surface area contributed by atoms with Gasteiger partial charge in [-0.15, -0.1) is 0 Å². The zero-order valence-electron chi connectivity index (χ0n) is 14.8. The smallest absolute Gasteiger partial charge is 0.410 e. The molecule has 0 unspecified atom stereocenters. The summed E-state index contributed by atoms with van der Waals surface area (Å²) < 4.78 is 10.8. The second-order valence-electron chi connectivity index (χ2n) is 6.62. The number of fused-ring (bicyclic) bond motifs is 1. The van der Waals surface area contributed by atoms with Gasteiger partial charge >= 0.3 is 12.1 Å². The fourth-order valence-corrected chi connectivity index (χ4v) is 3.29. The van der Waals surface area contributed by atoms with Crippen molar-refractivity contribution in [3.63, 3.8) is 0 Å². The molecule has 3 amide bonds. The highest BCUT2D eigenvalue weighted by Crippen LogP contribution is 2.27. The van der Waals surface area contributed by atoms with Crippen molar-refractivity contribution in [1.29, 1.82) is 0 Å². The van der Waals surface area contributed by atoms with Crippen LogP contribution in [0.15, 0.2) is 48.5 Å². The molecule has 0 bridgehead atoms. The first-order chi connectivity index (χ1) is 13.2. The van der Waals surface area contributed by atoms with Gasteiger partial charge in [-0.05, 0) is 29.3 Å². The summed E-state index contributed by atoms with van der Waals surface area (Å²) in [6, 6.07) is 15.1. The van der Waals surface area contributed by atoms with Crippen molar-refractivity contribution in [2.24, 2.45) is 0 Å². The summed E-state index contributed by atoms with van der Waals surface area (Å²) in [7, 11) is 0. The van der Waals surface area contributed by atoms with Crippen molar-refractivity contribution < 1.29 is 19.1 Å². The Bertz CT molecular complexity index is 830. The molecule has 7 heteroatoms. The summed E-state index contributed by atoms with van der Waals surface area (Å²) >= 11 is 0. The maximum atomic E-state index is 12.2. The lowest BCUT2D eigenvalue weighted by atomic mass is 10.1. The van der Waals surface area contributed by atoms with Crippen molar-refractivity contribution >= 4 is 17.8 Å². The van der Waals surface area contributed by atoms with Crippen molar-refractivity contribution in [2.75, 3.05) is 25.0 Å². The number of amides is 3. The van der Waals surface area contributed by atoms with Gasteiger partial charge in [0.2, 0.25) is 0 Å². The Morgan fingerprint density at radius 2 is 2.07 bits per heavy atom. The number of nitrogens with zero attached hydrogens (tertiary/aromatic N) is 1. The second kappa shape index (κ2) is 7.57. The van der Waals surface area contributed by atoms with E-state index in [1.807, 2.05) is 48.5 Å². The Labute approximate surface area is 157 Å². The molecule has 27 heavy (non-hydrogen) atoms. The molecular weight excluding hydrogens is 346 g/mol. The van der Waals surface area contributed by atoms with Crippen LogP contribution in [0.4, 0.5) is 15.3 Å². The normalized spacial score (nSPS) is 17.9. The molecule has 2 N–H and O–H groups in total. The number of carbonyl (C=O) groups excluding carboxylic acids is 2. The van der Waals surface area contributed by atoms with E-state index in [2.05, 4.69) is 10.6 Å². The average Bonchev–Trinajstić information content (AvgIpc) is 3.26. The van der Waals surface area contributed by atoms with E-state index in [0.717, 1.165) is 23.3 Å². The number of urea groups is 1. The van der Waals surface area contributed by atoms with Gasteiger partial charge in [0.25, 0.3) is 0 Å². The summed E-state index contributed by atoms with van der Waals surface area (Å²) in [4.78, 5) is 25.4. The molecule has 2 aromatic carbocycles. The zero-order chi connectivity index (χ0) is 18.6. The monoisotopic (exact) mass is 367 g/mol. The Hall–Kier alpha value is -3.22. The van der Waals surface area contributed by atoms with Crippen LogP contribution in [0, 0.1) is 0 Å². The Morgan fingerprint density at radius 1 is 1.19 bits per heavy atom. The maximum absolute atomic E-state index is 12.2. The topological polar surface area (TPSA) is 79.9 Å². The predicted octanol–water partition coefficient (Wildman–Crippen LogP) is 2.76. The van der Waals surface area contributed by atoms with Crippen molar-refractivity contribution in [2.45, 2.75) is 19.1 Å². The summed E-state index contributed by atoms with van der Waals surface area (Å²) in [5.74, 6) is 0.887. The van der Waals surface area contributed by atoms with E-state index >= 15 is 0 Å². The molecule has 7 nitrogen and oxygen atoms in total. The summed E-state index contributed by atoms with van der Waals surface area (Å²) in [6.45, 7) is 1.90. The molecular formula is C20H21N3O4. The van der Waals surface area contributed by atoms with E-state index in [-0.39, 0.29) is 18.2 Å². The lowest BCUT2D eigenvalue weighted by molar-refractivity contribution is 0.157. The lowest BCUT2D eigenvalue weighted by Gasteiger charge is -2.15. The van der Waals surface area contributed by atoms with Gasteiger partial charge in [-0.25, -0.2) is 9.59 Å². The van der Waals surface area contributed by atoms with Crippen molar-refractivity contribution in [3.8, 4) is 5.75 Å². The Kier molecular flexibility index (Phi) is 4.82. The first-order valence-corrected chi connectivity index (χ1v) is 8.97. The van der Waals surface area contributed by atoms with Gasteiger partial charge in [-0.2, -0.15) is 0 Å². The van der Waals surface area contributed by atoms with Crippen LogP contribution in [-0.4, -0.2) is 42.8 Å². The lowest BCUT2D eigenvalue weighted by Crippen LogP contribution is -2.37. The fraction of sp³-hybridized carbons (Fsp3) is 0.300. The Balaban J connectivity index is 1.27. The van der Waals surface area contributed by atoms with E-state index in [9.17, 15) is 9.59 Å². The highest BCUT2D eigenvalue weighted by Gasteiger charge is 2.23. The van der Waals surface area contributed by atoms with Gasteiger partial charge < -0.3 is 25.0 Å². The standard InChI is InChI=1S/C20H21N3O4/c24-19(21-12-17-11-15-5-1-2-7-18(15)27-17)22-16-6-3-4-14(10-16)13-23-8-9-26-20(23)25/h1-7,10,17H,8-9,11-13H2,(H2,21,22,24)/t17-/m0/s1. The molecule has 2 heterocycles. The third kappa shape index (κ3) is 4.13. The van der Waals surface area contributed by atoms with Gasteiger partial charge in [0, 0.05) is 18.7 Å². The van der Waals surface area contributed by atoms with E-state index in [0.29, 0.717) is 31.9 Å². The SMILES string of the molecule is O=C(NC[C@@H]1Cc2ccccc2O1)Nc1cccc(CN2CCOC2=O)c1. The van der Waals surface area contributed by atoms with Crippen LogP contribution >= 0.6 is 0 Å². The number of ether oxygens (including phenoxy) is 2. The molecule has 4 rings (SSSR count). The predicted molar refractivity (Wildman–Crippen MR) is 99.8 cm³/mol. The number of benzene rings is 2. The molecule has 0 radical (unpaired) electrons. The molecule has 1 atom stereocenters. The number of para-hydroxylation sites is 1. The summed E-state index contributed by atoms with van der Waals surface area (Å²) in [6.07, 6.45) is 0.432. The van der Waals surface area contributed by atoms with Crippen molar-refractivity contribution in [1.82, 2.24) is 10.2 Å². The molecule has 0 aromatic heterocycles. The van der Waals surface area contributed by atoms with Crippen LogP contribution in [-0.2, 0) is 17.7 Å². The van der Waals surface area contributed by atoms with E-state index < -0.39 is 0 Å². The second-order valence-corrected chi connectivity index (χ2v) is 6.62. The molecule has 0 spiro atoms. The number of anilines is 1. The Morgan fingerprint density at radius 3 is 2.89 bits per heavy atom. The first-order valence-electron chi connectivity index (χ1n) is 8.97. The fourth-order valence-electron chi connectivity index (χ4n) is 3.29. The summed E-state index contributed by atoms with van der Waals surface area (Å²) in [5.41, 5.74) is 2.77. The highest BCUT2D eigenvalue weighted by molar-refractivity contribution is 5.89. The average molecular weight is 367 g/mol. The van der Waals surface area contributed by atoms with Crippen molar-refractivity contribution in [3.05, 3.63) is 59.7 Å². The number of carbonyl (C=O) groups is 2. The number of rotatable bonds is 5. The number of nitrogens with one attached hydrogen (secondary N) is 2. The largest absolute Gasteiger partial charge is 0.488 e. The molecule has 140 valence electrons. The number of hydrogen-bond acceptors (Lipinski definition) is 4. The molecule has 2 aromatic rings. The van der Waals surface area contributed by atoms with Crippen LogP contribution in [0.2, 0.25) is 0 Å². The molecule has 1 saturated heterocycles.